The number of anilines is 1. The second-order valence-corrected chi connectivity index (χ2v) is 3.98. The van der Waals surface area contributed by atoms with Crippen LogP contribution in [0.25, 0.3) is 0 Å². The van der Waals surface area contributed by atoms with Crippen LogP contribution in [0.2, 0.25) is 5.02 Å². The van der Waals surface area contributed by atoms with Gasteiger partial charge in [-0.15, -0.1) is 0 Å². The second kappa shape index (κ2) is 3.26. The molecule has 3 nitrogen and oxygen atoms in total. The van der Waals surface area contributed by atoms with E-state index in [-0.39, 0.29) is 11.9 Å². The first-order chi connectivity index (χ1) is 6.58. The number of amides is 1. The van der Waals surface area contributed by atoms with Crippen molar-refractivity contribution in [1.82, 2.24) is 0 Å². The lowest BCUT2D eigenvalue weighted by Gasteiger charge is -2.11. The number of nitrogens with two attached hydrogens (primary N) is 1. The van der Waals surface area contributed by atoms with E-state index in [9.17, 15) is 4.79 Å². The summed E-state index contributed by atoms with van der Waals surface area (Å²) in [4.78, 5) is 11.2. The van der Waals surface area contributed by atoms with Crippen LogP contribution in [0.15, 0.2) is 12.1 Å². The number of nitrogens with one attached hydrogen (secondary N) is 1. The molecule has 0 spiro atoms. The average molecular weight is 211 g/mol. The highest BCUT2D eigenvalue weighted by molar-refractivity contribution is 6.31. The van der Waals surface area contributed by atoms with Crippen molar-refractivity contribution >= 4 is 23.2 Å². The number of rotatable bonds is 1. The molecule has 1 aliphatic rings. The molecule has 1 heterocycles. The summed E-state index contributed by atoms with van der Waals surface area (Å²) in [6.45, 7) is 1.87. The minimum Gasteiger partial charge on any atom is -0.325 e. The first-order valence-corrected chi connectivity index (χ1v) is 4.83. The van der Waals surface area contributed by atoms with E-state index < -0.39 is 0 Å². The van der Waals surface area contributed by atoms with E-state index in [1.165, 1.54) is 0 Å². The highest BCUT2D eigenvalue weighted by Gasteiger charge is 2.22. The van der Waals surface area contributed by atoms with Crippen LogP contribution >= 0.6 is 11.6 Å². The molecule has 0 saturated carbocycles. The largest absolute Gasteiger partial charge is 0.325 e. The van der Waals surface area contributed by atoms with Crippen LogP contribution in [-0.4, -0.2) is 5.91 Å². The van der Waals surface area contributed by atoms with E-state index in [1.54, 1.807) is 12.1 Å². The molecule has 0 saturated heterocycles. The molecule has 14 heavy (non-hydrogen) atoms. The van der Waals surface area contributed by atoms with Crippen molar-refractivity contribution in [2.75, 3.05) is 5.32 Å². The van der Waals surface area contributed by atoms with E-state index in [4.69, 9.17) is 17.3 Å². The lowest BCUT2D eigenvalue weighted by Crippen LogP contribution is -2.10. The third kappa shape index (κ3) is 1.49. The minimum absolute atomic E-state index is 0.00386. The molecule has 4 heteroatoms. The fraction of sp³-hybridized carbons (Fsp3) is 0.300. The molecule has 1 atom stereocenters. The van der Waals surface area contributed by atoms with Gasteiger partial charge >= 0.3 is 0 Å². The van der Waals surface area contributed by atoms with Gasteiger partial charge in [-0.3, -0.25) is 4.79 Å². The van der Waals surface area contributed by atoms with Gasteiger partial charge in [-0.25, -0.2) is 0 Å². The Balaban J connectivity index is 2.57. The third-order valence-corrected chi connectivity index (χ3v) is 2.54. The highest BCUT2D eigenvalue weighted by Crippen LogP contribution is 2.33. The molecule has 0 aromatic heterocycles. The number of fused-ring (bicyclic) bond motifs is 1. The summed E-state index contributed by atoms with van der Waals surface area (Å²) >= 11 is 5.93. The molecule has 1 unspecified atom stereocenters. The van der Waals surface area contributed by atoms with Crippen LogP contribution in [0.4, 0.5) is 5.69 Å². The Labute approximate surface area is 87.2 Å². The molecule has 1 aromatic carbocycles. The zero-order chi connectivity index (χ0) is 10.3. The Kier molecular flexibility index (Phi) is 2.21. The summed E-state index contributed by atoms with van der Waals surface area (Å²) in [7, 11) is 0. The quantitative estimate of drug-likeness (QED) is 0.744. The summed E-state index contributed by atoms with van der Waals surface area (Å²) in [5, 5.41) is 3.43. The van der Waals surface area contributed by atoms with Gasteiger partial charge in [0.25, 0.3) is 0 Å². The van der Waals surface area contributed by atoms with E-state index in [0.29, 0.717) is 11.4 Å². The van der Waals surface area contributed by atoms with Crippen LogP contribution in [-0.2, 0) is 11.2 Å². The minimum atomic E-state index is -0.124. The zero-order valence-corrected chi connectivity index (χ0v) is 8.56. The SMILES string of the molecule is CC(N)c1cc(Cl)cc2c1NC(=O)C2. The predicted octanol–water partition coefficient (Wildman–Crippen LogP) is 1.85. The van der Waals surface area contributed by atoms with Crippen molar-refractivity contribution < 1.29 is 4.79 Å². The van der Waals surface area contributed by atoms with Crippen LogP contribution < -0.4 is 11.1 Å². The van der Waals surface area contributed by atoms with Gasteiger partial charge < -0.3 is 11.1 Å². The molecule has 0 aliphatic carbocycles. The van der Waals surface area contributed by atoms with Gasteiger partial charge in [-0.1, -0.05) is 11.6 Å². The summed E-state index contributed by atoms with van der Waals surface area (Å²) < 4.78 is 0. The highest BCUT2D eigenvalue weighted by atomic mass is 35.5. The van der Waals surface area contributed by atoms with Crippen LogP contribution in [0.1, 0.15) is 24.1 Å². The molecule has 2 rings (SSSR count). The van der Waals surface area contributed by atoms with Crippen molar-refractivity contribution in [2.24, 2.45) is 5.73 Å². The number of carbonyl (C=O) groups excluding carboxylic acids is 1. The molecule has 0 bridgehead atoms. The predicted molar refractivity (Wildman–Crippen MR) is 56.4 cm³/mol. The molecule has 74 valence electrons. The summed E-state index contributed by atoms with van der Waals surface area (Å²) in [5.41, 5.74) is 8.47. The van der Waals surface area contributed by atoms with Crippen molar-refractivity contribution in [3.63, 3.8) is 0 Å². The maximum atomic E-state index is 11.2. The van der Waals surface area contributed by atoms with Crippen molar-refractivity contribution in [3.8, 4) is 0 Å². The number of hydrogen-bond donors (Lipinski definition) is 2. The Morgan fingerprint density at radius 1 is 1.57 bits per heavy atom. The van der Waals surface area contributed by atoms with Gasteiger partial charge in [0, 0.05) is 16.8 Å². The maximum Gasteiger partial charge on any atom is 0.228 e. The summed E-state index contributed by atoms with van der Waals surface area (Å²) in [6, 6.07) is 3.48. The van der Waals surface area contributed by atoms with Gasteiger partial charge in [0.2, 0.25) is 5.91 Å². The fourth-order valence-electron chi connectivity index (χ4n) is 1.69. The molecule has 0 fully saturated rings. The first kappa shape index (κ1) is 9.49. The smallest absolute Gasteiger partial charge is 0.228 e. The van der Waals surface area contributed by atoms with Crippen molar-refractivity contribution in [2.45, 2.75) is 19.4 Å². The number of carbonyl (C=O) groups is 1. The van der Waals surface area contributed by atoms with E-state index in [2.05, 4.69) is 5.32 Å². The Morgan fingerprint density at radius 3 is 2.93 bits per heavy atom. The molecular formula is C10H11ClN2O. The van der Waals surface area contributed by atoms with Gasteiger partial charge in [0.1, 0.15) is 0 Å². The number of hydrogen-bond acceptors (Lipinski definition) is 2. The lowest BCUT2D eigenvalue weighted by atomic mass is 10.0. The molecule has 1 aromatic rings. The Hall–Kier alpha value is -1.06. The van der Waals surface area contributed by atoms with E-state index >= 15 is 0 Å². The monoisotopic (exact) mass is 210 g/mol. The van der Waals surface area contributed by atoms with E-state index in [1.807, 2.05) is 6.92 Å². The van der Waals surface area contributed by atoms with Crippen LogP contribution in [0.3, 0.4) is 0 Å². The standard InChI is InChI=1S/C10H11ClN2O/c1-5(12)8-4-7(11)2-6-3-9(14)13-10(6)8/h2,4-5H,3,12H2,1H3,(H,13,14). The summed E-state index contributed by atoms with van der Waals surface area (Å²) in [6.07, 6.45) is 0.398. The van der Waals surface area contributed by atoms with Gasteiger partial charge in [-0.05, 0) is 30.2 Å². The summed E-state index contributed by atoms with van der Waals surface area (Å²) in [5.74, 6) is 0.00386. The zero-order valence-electron chi connectivity index (χ0n) is 7.80. The normalized spacial score (nSPS) is 16.4. The molecule has 0 radical (unpaired) electrons. The van der Waals surface area contributed by atoms with E-state index in [0.717, 1.165) is 16.8 Å². The molecule has 3 N–H and O–H groups in total. The number of halogens is 1. The van der Waals surface area contributed by atoms with Gasteiger partial charge in [0.15, 0.2) is 0 Å². The van der Waals surface area contributed by atoms with Gasteiger partial charge in [-0.2, -0.15) is 0 Å². The third-order valence-electron chi connectivity index (χ3n) is 2.32. The maximum absolute atomic E-state index is 11.2. The second-order valence-electron chi connectivity index (χ2n) is 3.54. The first-order valence-electron chi connectivity index (χ1n) is 4.45. The van der Waals surface area contributed by atoms with Crippen LogP contribution in [0.5, 0.6) is 0 Å². The number of benzene rings is 1. The van der Waals surface area contributed by atoms with Crippen molar-refractivity contribution in [1.29, 1.82) is 0 Å². The fourth-order valence-corrected chi connectivity index (χ4v) is 1.94. The molecule has 1 amide bonds. The Morgan fingerprint density at radius 2 is 2.29 bits per heavy atom. The lowest BCUT2D eigenvalue weighted by molar-refractivity contribution is -0.115. The van der Waals surface area contributed by atoms with Gasteiger partial charge in [0.05, 0.1) is 6.42 Å². The molecular weight excluding hydrogens is 200 g/mol. The average Bonchev–Trinajstić information content (AvgIpc) is 2.42. The Bertz CT molecular complexity index is 401. The van der Waals surface area contributed by atoms with Crippen molar-refractivity contribution in [3.05, 3.63) is 28.3 Å². The topological polar surface area (TPSA) is 55.1 Å². The molecule has 1 aliphatic heterocycles. The van der Waals surface area contributed by atoms with Crippen LogP contribution in [0, 0.1) is 0 Å².